The molecular formula is C11H7BrN6O2. The van der Waals surface area contributed by atoms with Crippen LogP contribution in [0, 0.1) is 11.3 Å². The van der Waals surface area contributed by atoms with Crippen LogP contribution in [0.1, 0.15) is 16.2 Å². The molecule has 1 aromatic carbocycles. The Hall–Kier alpha value is -2.73. The van der Waals surface area contributed by atoms with Crippen LogP contribution in [0.15, 0.2) is 28.9 Å². The van der Waals surface area contributed by atoms with Crippen molar-refractivity contribution in [3.63, 3.8) is 0 Å². The summed E-state index contributed by atoms with van der Waals surface area (Å²) in [6, 6.07) is 6.61. The molecule has 0 radical (unpaired) electrons. The second-order valence-corrected chi connectivity index (χ2v) is 4.40. The number of halogens is 1. The Morgan fingerprint density at radius 3 is 2.95 bits per heavy atom. The topological polar surface area (TPSA) is 128 Å². The number of hydrogen-bond donors (Lipinski definition) is 3. The molecule has 9 heteroatoms. The maximum Gasteiger partial charge on any atom is 0.336 e. The first kappa shape index (κ1) is 13.7. The smallest absolute Gasteiger partial charge is 0.336 e. The molecule has 0 aliphatic heterocycles. The molecule has 2 aromatic rings. The summed E-state index contributed by atoms with van der Waals surface area (Å²) in [5.41, 5.74) is 0.793. The van der Waals surface area contributed by atoms with Gasteiger partial charge in [-0.25, -0.2) is 4.79 Å². The number of H-pyrrole nitrogens is 1. The van der Waals surface area contributed by atoms with Crippen molar-refractivity contribution in [3.8, 4) is 6.07 Å². The summed E-state index contributed by atoms with van der Waals surface area (Å²) in [5.74, 6) is -0.904. The zero-order valence-corrected chi connectivity index (χ0v) is 11.4. The lowest BCUT2D eigenvalue weighted by Gasteiger charge is -2.04. The predicted molar refractivity (Wildman–Crippen MR) is 72.5 cm³/mol. The van der Waals surface area contributed by atoms with Crippen molar-refractivity contribution < 1.29 is 9.90 Å². The molecule has 0 aliphatic rings. The van der Waals surface area contributed by atoms with Gasteiger partial charge in [0.15, 0.2) is 0 Å². The molecule has 100 valence electrons. The van der Waals surface area contributed by atoms with Crippen LogP contribution in [0.2, 0.25) is 0 Å². The number of carboxylic acids is 1. The molecule has 0 spiro atoms. The van der Waals surface area contributed by atoms with E-state index < -0.39 is 5.97 Å². The molecule has 1 heterocycles. The summed E-state index contributed by atoms with van der Waals surface area (Å²) >= 11 is 3.15. The fourth-order valence-corrected chi connectivity index (χ4v) is 1.77. The van der Waals surface area contributed by atoms with Crippen LogP contribution in [-0.4, -0.2) is 31.7 Å². The Morgan fingerprint density at radius 2 is 2.35 bits per heavy atom. The van der Waals surface area contributed by atoms with Gasteiger partial charge in [-0.2, -0.15) is 10.5 Å². The fourth-order valence-electron chi connectivity index (χ4n) is 1.36. The van der Waals surface area contributed by atoms with Crippen LogP contribution in [0.5, 0.6) is 0 Å². The minimum Gasteiger partial charge on any atom is -0.478 e. The number of nitrogens with one attached hydrogen (secondary N) is 2. The zero-order chi connectivity index (χ0) is 14.5. The highest BCUT2D eigenvalue weighted by Crippen LogP contribution is 2.21. The van der Waals surface area contributed by atoms with Crippen molar-refractivity contribution in [1.82, 2.24) is 20.6 Å². The molecule has 3 N–H and O–H groups in total. The molecule has 1 aromatic heterocycles. The molecule has 0 bridgehead atoms. The third-order valence-electron chi connectivity index (χ3n) is 2.29. The average Bonchev–Trinajstić information content (AvgIpc) is 2.95. The number of tetrazole rings is 1. The van der Waals surface area contributed by atoms with Gasteiger partial charge in [0.05, 0.1) is 5.56 Å². The van der Waals surface area contributed by atoms with E-state index >= 15 is 0 Å². The Morgan fingerprint density at radius 1 is 1.55 bits per heavy atom. The van der Waals surface area contributed by atoms with Crippen LogP contribution in [0.25, 0.3) is 5.57 Å². The number of carboxylic acid groups (broad SMARTS) is 1. The standard InChI is InChI=1S/C11H7BrN6O2/c12-9-2-1-7(3-8(9)11(19)20)14-5-6(4-13)10-15-17-18-16-10/h1-3,5,14H,(H,19,20)(H,15,16,17,18). The second-order valence-electron chi connectivity index (χ2n) is 3.55. The SMILES string of the molecule is N#CC(=CNc1ccc(Br)c(C(=O)O)c1)c1nn[nH]n1. The Kier molecular flexibility index (Phi) is 4.07. The van der Waals surface area contributed by atoms with Gasteiger partial charge in [0.2, 0.25) is 5.82 Å². The first-order valence-corrected chi connectivity index (χ1v) is 6.04. The third kappa shape index (κ3) is 2.99. The van der Waals surface area contributed by atoms with Crippen molar-refractivity contribution in [2.75, 3.05) is 5.32 Å². The van der Waals surface area contributed by atoms with Crippen molar-refractivity contribution >= 4 is 33.2 Å². The van der Waals surface area contributed by atoms with E-state index in [4.69, 9.17) is 10.4 Å². The van der Waals surface area contributed by atoms with Crippen LogP contribution < -0.4 is 5.32 Å². The van der Waals surface area contributed by atoms with Crippen LogP contribution >= 0.6 is 15.9 Å². The molecule has 0 atom stereocenters. The van der Waals surface area contributed by atoms with Crippen LogP contribution in [0.3, 0.4) is 0 Å². The fraction of sp³-hybridized carbons (Fsp3) is 0. The maximum atomic E-state index is 11.0. The van der Waals surface area contributed by atoms with E-state index in [9.17, 15) is 4.79 Å². The monoisotopic (exact) mass is 334 g/mol. The number of rotatable bonds is 4. The molecule has 2 rings (SSSR count). The maximum absolute atomic E-state index is 11.0. The number of benzene rings is 1. The Bertz CT molecular complexity index is 704. The van der Waals surface area contributed by atoms with Crippen molar-refractivity contribution in [1.29, 1.82) is 5.26 Å². The van der Waals surface area contributed by atoms with E-state index in [0.29, 0.717) is 10.2 Å². The van der Waals surface area contributed by atoms with Gasteiger partial charge >= 0.3 is 5.97 Å². The average molecular weight is 335 g/mol. The van der Waals surface area contributed by atoms with Gasteiger partial charge < -0.3 is 10.4 Å². The highest BCUT2D eigenvalue weighted by atomic mass is 79.9. The highest BCUT2D eigenvalue weighted by Gasteiger charge is 2.09. The number of carbonyl (C=O) groups is 1. The molecule has 0 amide bonds. The van der Waals surface area contributed by atoms with Gasteiger partial charge in [-0.15, -0.1) is 10.2 Å². The summed E-state index contributed by atoms with van der Waals surface area (Å²) in [6.07, 6.45) is 1.37. The predicted octanol–water partition coefficient (Wildman–Crippen LogP) is 1.64. The molecule has 8 nitrogen and oxygen atoms in total. The molecule has 0 saturated heterocycles. The lowest BCUT2D eigenvalue weighted by Crippen LogP contribution is -1.99. The highest BCUT2D eigenvalue weighted by molar-refractivity contribution is 9.10. The molecule has 0 aliphatic carbocycles. The zero-order valence-electron chi connectivity index (χ0n) is 9.83. The largest absolute Gasteiger partial charge is 0.478 e. The molecule has 0 fully saturated rings. The quantitative estimate of drug-likeness (QED) is 0.725. The summed E-state index contributed by atoms with van der Waals surface area (Å²) in [5, 5.41) is 33.8. The van der Waals surface area contributed by atoms with Crippen molar-refractivity contribution in [2.45, 2.75) is 0 Å². The van der Waals surface area contributed by atoms with Gasteiger partial charge in [-0.1, -0.05) is 0 Å². The van der Waals surface area contributed by atoms with E-state index in [1.807, 2.05) is 6.07 Å². The van der Waals surface area contributed by atoms with Crippen molar-refractivity contribution in [3.05, 3.63) is 40.3 Å². The van der Waals surface area contributed by atoms with Crippen LogP contribution in [-0.2, 0) is 0 Å². The summed E-state index contributed by atoms with van der Waals surface area (Å²) in [7, 11) is 0. The second kappa shape index (κ2) is 5.94. The number of aromatic carboxylic acids is 1. The first-order valence-electron chi connectivity index (χ1n) is 5.25. The number of hydrogen-bond acceptors (Lipinski definition) is 6. The van der Waals surface area contributed by atoms with E-state index in [2.05, 4.69) is 41.9 Å². The number of aromatic nitrogens is 4. The van der Waals surface area contributed by atoms with Gasteiger partial charge in [-0.05, 0) is 39.3 Å². The van der Waals surface area contributed by atoms with Gasteiger partial charge in [0, 0.05) is 16.4 Å². The van der Waals surface area contributed by atoms with Gasteiger partial charge in [0.1, 0.15) is 11.6 Å². The lowest BCUT2D eigenvalue weighted by molar-refractivity contribution is 0.0696. The summed E-state index contributed by atoms with van der Waals surface area (Å²) in [4.78, 5) is 11.0. The summed E-state index contributed by atoms with van der Waals surface area (Å²) in [6.45, 7) is 0. The number of allylic oxidation sites excluding steroid dienone is 1. The Labute approximate surface area is 121 Å². The first-order chi connectivity index (χ1) is 9.61. The minimum absolute atomic E-state index is 0.112. The number of anilines is 1. The van der Waals surface area contributed by atoms with E-state index in [0.717, 1.165) is 0 Å². The van der Waals surface area contributed by atoms with Crippen molar-refractivity contribution in [2.24, 2.45) is 0 Å². The van der Waals surface area contributed by atoms with Gasteiger partial charge in [-0.3, -0.25) is 0 Å². The molecular weight excluding hydrogens is 328 g/mol. The third-order valence-corrected chi connectivity index (χ3v) is 2.98. The molecule has 20 heavy (non-hydrogen) atoms. The van der Waals surface area contributed by atoms with E-state index in [-0.39, 0.29) is 17.0 Å². The van der Waals surface area contributed by atoms with Crippen LogP contribution in [0.4, 0.5) is 5.69 Å². The number of nitriles is 1. The van der Waals surface area contributed by atoms with E-state index in [1.165, 1.54) is 12.3 Å². The summed E-state index contributed by atoms with van der Waals surface area (Å²) < 4.78 is 0.471. The van der Waals surface area contributed by atoms with E-state index in [1.54, 1.807) is 12.1 Å². The molecule has 0 unspecified atom stereocenters. The Balaban J connectivity index is 2.25. The normalized spacial score (nSPS) is 10.9. The number of aromatic amines is 1. The minimum atomic E-state index is -1.05. The molecule has 0 saturated carbocycles. The van der Waals surface area contributed by atoms with Gasteiger partial charge in [0.25, 0.3) is 0 Å². The number of nitrogens with zero attached hydrogens (tertiary/aromatic N) is 4. The lowest BCUT2D eigenvalue weighted by atomic mass is 10.2.